The average Bonchev–Trinajstić information content (AvgIpc) is 3.50. The van der Waals surface area contributed by atoms with Crippen LogP contribution in [0.25, 0.3) is 0 Å². The molecular formula is C26H37N3O5S. The van der Waals surface area contributed by atoms with E-state index in [0.717, 1.165) is 44.9 Å². The molecule has 3 saturated heterocycles. The zero-order valence-electron chi connectivity index (χ0n) is 20.6. The van der Waals surface area contributed by atoms with Crippen LogP contribution in [-0.4, -0.2) is 70.6 Å². The fourth-order valence-corrected chi connectivity index (χ4v) is 8.21. The maximum atomic E-state index is 13.8. The first kappa shape index (κ1) is 25.8. The maximum Gasteiger partial charge on any atom is 0.248 e. The first-order valence-corrected chi connectivity index (χ1v) is 13.7. The van der Waals surface area contributed by atoms with E-state index < -0.39 is 16.7 Å². The number of aliphatic hydroxyl groups is 1. The topological polar surface area (TPSA) is 108 Å². The van der Waals surface area contributed by atoms with E-state index in [-0.39, 0.29) is 35.5 Å². The lowest BCUT2D eigenvalue weighted by Gasteiger charge is -2.34. The lowest BCUT2D eigenvalue weighted by atomic mass is 9.70. The summed E-state index contributed by atoms with van der Waals surface area (Å²) in [6.45, 7) is 3.25. The van der Waals surface area contributed by atoms with E-state index in [1.807, 2.05) is 6.92 Å². The average molecular weight is 504 g/mol. The number of fused-ring (bicyclic) bond motifs is 1. The second kappa shape index (κ2) is 11.2. The van der Waals surface area contributed by atoms with E-state index in [4.69, 9.17) is 9.84 Å². The molecule has 3 aliphatic heterocycles. The second-order valence-corrected chi connectivity index (χ2v) is 11.3. The minimum Gasteiger partial charge on any atom is -0.497 e. The number of rotatable bonds is 12. The molecule has 0 saturated carbocycles. The van der Waals surface area contributed by atoms with Crippen molar-refractivity contribution in [2.45, 2.75) is 67.9 Å². The van der Waals surface area contributed by atoms with Crippen molar-refractivity contribution in [3.8, 4) is 5.75 Å². The zero-order valence-corrected chi connectivity index (χ0v) is 21.4. The summed E-state index contributed by atoms with van der Waals surface area (Å²) in [5, 5.41) is 15.2. The first-order chi connectivity index (χ1) is 17.0. The number of carbonyl (C=O) groups is 3. The predicted octanol–water partition coefficient (Wildman–Crippen LogP) is 2.80. The smallest absolute Gasteiger partial charge is 0.248 e. The molecule has 3 amide bonds. The van der Waals surface area contributed by atoms with Crippen molar-refractivity contribution in [3.05, 3.63) is 24.3 Å². The van der Waals surface area contributed by atoms with Crippen molar-refractivity contribution in [1.82, 2.24) is 10.2 Å². The summed E-state index contributed by atoms with van der Waals surface area (Å²) in [5.74, 6) is -0.454. The predicted molar refractivity (Wildman–Crippen MR) is 136 cm³/mol. The molecule has 3 heterocycles. The van der Waals surface area contributed by atoms with Crippen molar-refractivity contribution < 1.29 is 24.2 Å². The van der Waals surface area contributed by atoms with Crippen LogP contribution in [0.5, 0.6) is 5.75 Å². The van der Waals surface area contributed by atoms with Crippen LogP contribution in [0, 0.1) is 11.8 Å². The summed E-state index contributed by atoms with van der Waals surface area (Å²) < 4.78 is 4.64. The number of benzene rings is 1. The highest BCUT2D eigenvalue weighted by Gasteiger charge is 2.73. The van der Waals surface area contributed by atoms with Gasteiger partial charge in [0, 0.05) is 30.6 Å². The third kappa shape index (κ3) is 4.89. The summed E-state index contributed by atoms with van der Waals surface area (Å²) in [7, 11) is 1.59. The largest absolute Gasteiger partial charge is 0.497 e. The molecule has 1 aromatic carbocycles. The Labute approximate surface area is 211 Å². The van der Waals surface area contributed by atoms with E-state index >= 15 is 0 Å². The summed E-state index contributed by atoms with van der Waals surface area (Å²) in [4.78, 5) is 42.4. The van der Waals surface area contributed by atoms with E-state index in [0.29, 0.717) is 24.5 Å². The van der Waals surface area contributed by atoms with Crippen LogP contribution in [0.1, 0.15) is 51.9 Å². The Bertz CT molecular complexity index is 926. The number of hydrogen-bond acceptors (Lipinski definition) is 6. The fraction of sp³-hybridized carbons (Fsp3) is 0.654. The zero-order chi connectivity index (χ0) is 25.0. The van der Waals surface area contributed by atoms with Gasteiger partial charge in [-0.05, 0) is 56.4 Å². The Balaban J connectivity index is 1.58. The van der Waals surface area contributed by atoms with Crippen LogP contribution in [0.3, 0.4) is 0 Å². The van der Waals surface area contributed by atoms with Crippen LogP contribution >= 0.6 is 11.8 Å². The van der Waals surface area contributed by atoms with Gasteiger partial charge in [0.1, 0.15) is 11.8 Å². The van der Waals surface area contributed by atoms with E-state index in [1.54, 1.807) is 48.0 Å². The van der Waals surface area contributed by atoms with Gasteiger partial charge >= 0.3 is 0 Å². The first-order valence-electron chi connectivity index (χ1n) is 12.8. The van der Waals surface area contributed by atoms with Gasteiger partial charge in [0.15, 0.2) is 0 Å². The Hall–Kier alpha value is -2.26. The third-order valence-corrected chi connectivity index (χ3v) is 9.52. The summed E-state index contributed by atoms with van der Waals surface area (Å²) in [5.41, 5.74) is 0.653. The van der Waals surface area contributed by atoms with Crippen molar-refractivity contribution >= 4 is 35.2 Å². The number of hydrogen-bond donors (Lipinski definition) is 3. The van der Waals surface area contributed by atoms with E-state index in [1.165, 1.54) is 0 Å². The van der Waals surface area contributed by atoms with E-state index in [2.05, 4.69) is 10.6 Å². The number of nitrogens with one attached hydrogen (secondary N) is 2. The highest BCUT2D eigenvalue weighted by atomic mass is 32.2. The van der Waals surface area contributed by atoms with Gasteiger partial charge in [0.2, 0.25) is 17.7 Å². The van der Waals surface area contributed by atoms with Crippen LogP contribution in [0.2, 0.25) is 0 Å². The molecule has 3 fully saturated rings. The molecule has 5 atom stereocenters. The Morgan fingerprint density at radius 3 is 2.60 bits per heavy atom. The summed E-state index contributed by atoms with van der Waals surface area (Å²) in [6, 6.07) is 6.56. The summed E-state index contributed by atoms with van der Waals surface area (Å²) >= 11 is 1.69. The van der Waals surface area contributed by atoms with Gasteiger partial charge in [-0.2, -0.15) is 0 Å². The standard InChI is InChI=1S/C26H37N3O5S/c1-3-14-27-23(31)20-19-12-13-26(35-19)21(20)25(33)29(15-6-4-5-7-16-30)22(26)24(32)28-17-8-10-18(34-2)11-9-17/h8-11,19-22,30H,3-7,12-16H2,1-2H3,(H,27,31)(H,28,32)/t19-,20+,21-,22?,26?/m0/s1. The number of methoxy groups -OCH3 is 1. The lowest BCUT2D eigenvalue weighted by Crippen LogP contribution is -2.51. The molecule has 2 unspecified atom stereocenters. The number of thioether (sulfide) groups is 1. The molecule has 1 aromatic rings. The molecule has 192 valence electrons. The molecule has 8 nitrogen and oxygen atoms in total. The van der Waals surface area contributed by atoms with Crippen molar-refractivity contribution in [3.63, 3.8) is 0 Å². The highest BCUT2D eigenvalue weighted by molar-refractivity contribution is 8.02. The van der Waals surface area contributed by atoms with Gasteiger partial charge in [-0.15, -0.1) is 11.8 Å². The Kier molecular flexibility index (Phi) is 8.27. The van der Waals surface area contributed by atoms with Gasteiger partial charge in [0.25, 0.3) is 0 Å². The number of likely N-dealkylation sites (tertiary alicyclic amines) is 1. The van der Waals surface area contributed by atoms with E-state index in [9.17, 15) is 14.4 Å². The normalized spacial score (nSPS) is 28.8. The Morgan fingerprint density at radius 1 is 1.17 bits per heavy atom. The quantitative estimate of drug-likeness (QED) is 0.379. The highest BCUT2D eigenvalue weighted by Crippen LogP contribution is 2.66. The molecular weight excluding hydrogens is 466 g/mol. The molecule has 2 bridgehead atoms. The molecule has 9 heteroatoms. The minimum atomic E-state index is -0.612. The van der Waals surface area contributed by atoms with Crippen LogP contribution in [0.15, 0.2) is 24.3 Å². The van der Waals surface area contributed by atoms with Crippen molar-refractivity contribution in [2.75, 3.05) is 32.1 Å². The molecule has 35 heavy (non-hydrogen) atoms. The molecule has 0 radical (unpaired) electrons. The van der Waals surface area contributed by atoms with Gasteiger partial charge in [-0.25, -0.2) is 0 Å². The number of nitrogens with zero attached hydrogens (tertiary/aromatic N) is 1. The fourth-order valence-electron chi connectivity index (χ4n) is 5.99. The number of unbranched alkanes of at least 4 members (excludes halogenated alkanes) is 3. The number of aliphatic hydroxyl groups excluding tert-OH is 1. The minimum absolute atomic E-state index is 0.0524. The van der Waals surface area contributed by atoms with Gasteiger partial charge in [-0.3, -0.25) is 14.4 Å². The van der Waals surface area contributed by atoms with Crippen molar-refractivity contribution in [1.29, 1.82) is 0 Å². The maximum absolute atomic E-state index is 13.8. The van der Waals surface area contributed by atoms with Gasteiger partial charge in [-0.1, -0.05) is 19.8 Å². The molecule has 4 rings (SSSR count). The number of carbonyl (C=O) groups excluding carboxylic acids is 3. The number of anilines is 1. The number of amides is 3. The van der Waals surface area contributed by atoms with Crippen LogP contribution < -0.4 is 15.4 Å². The van der Waals surface area contributed by atoms with Gasteiger partial charge in [0.05, 0.1) is 23.7 Å². The molecule has 0 aliphatic carbocycles. The number of ether oxygens (including phenoxy) is 1. The molecule has 3 aliphatic rings. The van der Waals surface area contributed by atoms with Crippen LogP contribution in [0.4, 0.5) is 5.69 Å². The van der Waals surface area contributed by atoms with Crippen LogP contribution in [-0.2, 0) is 14.4 Å². The molecule has 1 spiro atoms. The summed E-state index contributed by atoms with van der Waals surface area (Å²) in [6.07, 6.45) is 5.71. The third-order valence-electron chi connectivity index (χ3n) is 7.57. The second-order valence-electron chi connectivity index (χ2n) is 9.73. The monoisotopic (exact) mass is 503 g/mol. The van der Waals surface area contributed by atoms with Crippen molar-refractivity contribution in [2.24, 2.45) is 11.8 Å². The Morgan fingerprint density at radius 2 is 1.91 bits per heavy atom. The lowest BCUT2D eigenvalue weighted by molar-refractivity contribution is -0.139. The molecule has 3 N–H and O–H groups in total. The SMILES string of the molecule is CCCNC(=O)[C@@H]1[C@@H]2CCC3(S2)C(C(=O)Nc2ccc(OC)cc2)N(CCCCCCO)C(=O)[C@H]13. The molecule has 0 aromatic heterocycles. The van der Waals surface area contributed by atoms with Gasteiger partial charge < -0.3 is 25.4 Å².